The highest BCUT2D eigenvalue weighted by atomic mass is 32.2. The predicted molar refractivity (Wildman–Crippen MR) is 85.7 cm³/mol. The van der Waals surface area contributed by atoms with E-state index in [0.717, 1.165) is 24.8 Å². The molecule has 2 rings (SSSR count). The Kier molecular flexibility index (Phi) is 5.41. The summed E-state index contributed by atoms with van der Waals surface area (Å²) in [7, 11) is 0.214. The summed E-state index contributed by atoms with van der Waals surface area (Å²) in [5.41, 5.74) is 1.03. The van der Waals surface area contributed by atoms with Crippen molar-refractivity contribution in [1.82, 2.24) is 9.62 Å². The minimum Gasteiger partial charge on any atom is -0.313 e. The van der Waals surface area contributed by atoms with Gasteiger partial charge in [0.15, 0.2) is 0 Å². The lowest BCUT2D eigenvalue weighted by atomic mass is 9.86. The Labute approximate surface area is 128 Å². The molecular weight excluding hydrogens is 284 g/mol. The van der Waals surface area contributed by atoms with E-state index in [1.165, 1.54) is 10.7 Å². The van der Waals surface area contributed by atoms with Gasteiger partial charge >= 0.3 is 0 Å². The van der Waals surface area contributed by atoms with Crippen LogP contribution in [0.4, 0.5) is 0 Å². The van der Waals surface area contributed by atoms with E-state index in [-0.39, 0.29) is 6.04 Å². The molecule has 1 unspecified atom stereocenters. The van der Waals surface area contributed by atoms with Crippen LogP contribution < -0.4 is 5.32 Å². The second-order valence-electron chi connectivity index (χ2n) is 5.90. The van der Waals surface area contributed by atoms with E-state index < -0.39 is 10.0 Å². The van der Waals surface area contributed by atoms with Crippen molar-refractivity contribution in [2.75, 3.05) is 20.6 Å². The van der Waals surface area contributed by atoms with E-state index in [9.17, 15) is 8.42 Å². The largest absolute Gasteiger partial charge is 0.313 e. The highest BCUT2D eigenvalue weighted by molar-refractivity contribution is 7.89. The molecule has 1 aliphatic rings. The van der Waals surface area contributed by atoms with Crippen LogP contribution in [-0.4, -0.2) is 33.4 Å². The zero-order valence-electron chi connectivity index (χ0n) is 13.2. The monoisotopic (exact) mass is 310 g/mol. The minimum atomic E-state index is -3.38. The van der Waals surface area contributed by atoms with Crippen LogP contribution in [0.5, 0.6) is 0 Å². The Balaban J connectivity index is 2.20. The summed E-state index contributed by atoms with van der Waals surface area (Å²) in [6.45, 7) is 2.72. The number of hydrogen-bond donors (Lipinski definition) is 1. The minimum absolute atomic E-state index is 0.192. The number of nitrogens with one attached hydrogen (secondary N) is 1. The van der Waals surface area contributed by atoms with E-state index in [1.54, 1.807) is 19.2 Å². The molecule has 0 aliphatic heterocycles. The van der Waals surface area contributed by atoms with Gasteiger partial charge in [-0.05, 0) is 49.9 Å². The lowest BCUT2D eigenvalue weighted by Crippen LogP contribution is -2.34. The molecule has 1 aromatic rings. The number of benzene rings is 1. The van der Waals surface area contributed by atoms with Crippen LogP contribution >= 0.6 is 0 Å². The predicted octanol–water partition coefficient (Wildman–Crippen LogP) is 2.78. The molecule has 5 heteroatoms. The third-order valence-corrected chi connectivity index (χ3v) is 6.28. The summed E-state index contributed by atoms with van der Waals surface area (Å²) in [6, 6.07) is 7.50. The average Bonchev–Trinajstić information content (AvgIpc) is 2.44. The van der Waals surface area contributed by atoms with Gasteiger partial charge in [-0.15, -0.1) is 0 Å². The molecule has 0 radical (unpaired) electrons. The second kappa shape index (κ2) is 6.90. The lowest BCUT2D eigenvalue weighted by molar-refractivity contribution is 0.263. The normalized spacial score (nSPS) is 17.7. The number of hydrogen-bond acceptors (Lipinski definition) is 3. The highest BCUT2D eigenvalue weighted by Gasteiger charge is 2.27. The molecule has 1 saturated carbocycles. The summed E-state index contributed by atoms with van der Waals surface area (Å²) < 4.78 is 26.8. The van der Waals surface area contributed by atoms with Gasteiger partial charge in [0.05, 0.1) is 4.90 Å². The molecule has 0 spiro atoms. The smallest absolute Gasteiger partial charge is 0.242 e. The summed E-state index contributed by atoms with van der Waals surface area (Å²) >= 11 is 0. The molecular formula is C16H26N2O2S. The van der Waals surface area contributed by atoms with Gasteiger partial charge in [0, 0.05) is 19.6 Å². The fourth-order valence-electron chi connectivity index (χ4n) is 2.82. The molecule has 118 valence electrons. The third kappa shape index (κ3) is 3.65. The molecule has 1 atom stereocenters. The van der Waals surface area contributed by atoms with Crippen molar-refractivity contribution in [3.05, 3.63) is 29.8 Å². The topological polar surface area (TPSA) is 49.4 Å². The molecule has 21 heavy (non-hydrogen) atoms. The van der Waals surface area contributed by atoms with E-state index in [0.29, 0.717) is 17.4 Å². The molecule has 0 bridgehead atoms. The molecule has 1 aliphatic carbocycles. The van der Waals surface area contributed by atoms with Crippen molar-refractivity contribution >= 4 is 10.0 Å². The van der Waals surface area contributed by atoms with Crippen molar-refractivity contribution in [1.29, 1.82) is 0 Å². The maximum Gasteiger partial charge on any atom is 0.242 e. The highest BCUT2D eigenvalue weighted by Crippen LogP contribution is 2.29. The van der Waals surface area contributed by atoms with Crippen molar-refractivity contribution < 1.29 is 8.42 Å². The summed E-state index contributed by atoms with van der Waals surface area (Å²) in [5.74, 6) is 0.536. The lowest BCUT2D eigenvalue weighted by Gasteiger charge is -2.29. The van der Waals surface area contributed by atoms with Crippen LogP contribution in [0.2, 0.25) is 0 Å². The first-order chi connectivity index (χ1) is 9.98. The summed E-state index contributed by atoms with van der Waals surface area (Å²) in [4.78, 5) is 0.399. The number of rotatable bonds is 7. The second-order valence-corrected chi connectivity index (χ2v) is 7.95. The zero-order chi connectivity index (χ0) is 15.5. The van der Waals surface area contributed by atoms with Crippen LogP contribution in [0.1, 0.15) is 44.2 Å². The molecule has 1 N–H and O–H groups in total. The molecule has 0 amide bonds. The fraction of sp³-hybridized carbons (Fsp3) is 0.625. The Hall–Kier alpha value is -0.910. The fourth-order valence-corrected chi connectivity index (χ4v) is 4.12. The number of nitrogens with zero attached hydrogens (tertiary/aromatic N) is 1. The molecule has 0 aromatic heterocycles. The first-order valence-electron chi connectivity index (χ1n) is 7.72. The molecule has 4 nitrogen and oxygen atoms in total. The molecule has 0 saturated heterocycles. The maximum atomic E-state index is 12.7. The summed E-state index contributed by atoms with van der Waals surface area (Å²) in [6.07, 6.45) is 4.46. The van der Waals surface area contributed by atoms with Gasteiger partial charge in [-0.2, -0.15) is 0 Å². The van der Waals surface area contributed by atoms with Gasteiger partial charge in [0.1, 0.15) is 0 Å². The third-order valence-electron chi connectivity index (χ3n) is 4.47. The van der Waals surface area contributed by atoms with E-state index in [2.05, 4.69) is 12.2 Å². The maximum absolute atomic E-state index is 12.7. The van der Waals surface area contributed by atoms with E-state index in [1.807, 2.05) is 19.2 Å². The molecule has 1 aromatic carbocycles. The van der Waals surface area contributed by atoms with Gasteiger partial charge < -0.3 is 5.32 Å². The van der Waals surface area contributed by atoms with E-state index >= 15 is 0 Å². The van der Waals surface area contributed by atoms with Crippen molar-refractivity contribution in [3.8, 4) is 0 Å². The van der Waals surface area contributed by atoms with Crippen molar-refractivity contribution in [2.45, 2.75) is 43.5 Å². The Bertz CT molecular complexity index is 563. The van der Waals surface area contributed by atoms with Gasteiger partial charge in [-0.3, -0.25) is 0 Å². The first-order valence-corrected chi connectivity index (χ1v) is 9.16. The SMILES string of the molecule is CCC(NC)c1cccc(S(=O)(=O)N(C)CC2CCC2)c1. The average molecular weight is 310 g/mol. The Morgan fingerprint density at radius 3 is 2.62 bits per heavy atom. The van der Waals surface area contributed by atoms with Gasteiger partial charge in [-0.1, -0.05) is 25.5 Å². The Morgan fingerprint density at radius 2 is 2.10 bits per heavy atom. The summed E-state index contributed by atoms with van der Waals surface area (Å²) in [5, 5.41) is 3.22. The molecule has 0 heterocycles. The van der Waals surface area contributed by atoms with Gasteiger partial charge in [0.25, 0.3) is 0 Å². The Morgan fingerprint density at radius 1 is 1.38 bits per heavy atom. The van der Waals surface area contributed by atoms with E-state index in [4.69, 9.17) is 0 Å². The standard InChI is InChI=1S/C16H26N2O2S/c1-4-16(17-2)14-9-6-10-15(11-14)21(19,20)18(3)12-13-7-5-8-13/h6,9-11,13,16-17H,4-5,7-8,12H2,1-3H3. The molecule has 1 fully saturated rings. The van der Waals surface area contributed by atoms with Crippen molar-refractivity contribution in [2.24, 2.45) is 5.92 Å². The van der Waals surface area contributed by atoms with Crippen LogP contribution in [-0.2, 0) is 10.0 Å². The van der Waals surface area contributed by atoms with Crippen LogP contribution in [0.25, 0.3) is 0 Å². The van der Waals surface area contributed by atoms with Crippen LogP contribution in [0.3, 0.4) is 0 Å². The van der Waals surface area contributed by atoms with Crippen LogP contribution in [0.15, 0.2) is 29.2 Å². The quantitative estimate of drug-likeness (QED) is 0.842. The zero-order valence-corrected chi connectivity index (χ0v) is 14.0. The van der Waals surface area contributed by atoms with Gasteiger partial charge in [0.2, 0.25) is 10.0 Å². The number of sulfonamides is 1. The van der Waals surface area contributed by atoms with Crippen LogP contribution in [0, 0.1) is 5.92 Å². The van der Waals surface area contributed by atoms with Crippen molar-refractivity contribution in [3.63, 3.8) is 0 Å². The van der Waals surface area contributed by atoms with Gasteiger partial charge in [-0.25, -0.2) is 12.7 Å². The first kappa shape index (κ1) is 16.5.